The van der Waals surface area contributed by atoms with E-state index >= 15 is 0 Å². The van der Waals surface area contributed by atoms with E-state index in [1.54, 1.807) is 18.2 Å². The zero-order valence-electron chi connectivity index (χ0n) is 9.61. The van der Waals surface area contributed by atoms with Gasteiger partial charge >= 0.3 is 0 Å². The number of nitrogens with one attached hydrogen (secondary N) is 2. The lowest BCUT2D eigenvalue weighted by molar-refractivity contribution is 0.102. The maximum absolute atomic E-state index is 11.9. The number of aromatic nitrogens is 1. The highest BCUT2D eigenvalue weighted by Gasteiger charge is 2.11. The highest BCUT2D eigenvalue weighted by atomic mass is 35.5. The average Bonchev–Trinajstić information content (AvgIpc) is 2.41. The van der Waals surface area contributed by atoms with E-state index in [1.165, 1.54) is 18.3 Å². The quantitative estimate of drug-likeness (QED) is 0.879. The molecule has 6 heteroatoms. The lowest BCUT2D eigenvalue weighted by Gasteiger charge is -2.05. The van der Waals surface area contributed by atoms with Crippen molar-refractivity contribution in [3.8, 4) is 6.07 Å². The van der Waals surface area contributed by atoms with Crippen molar-refractivity contribution in [2.45, 2.75) is 0 Å². The molecule has 0 aliphatic rings. The second-order valence-corrected chi connectivity index (χ2v) is 4.14. The summed E-state index contributed by atoms with van der Waals surface area (Å²) in [7, 11) is 0. The van der Waals surface area contributed by atoms with Crippen molar-refractivity contribution in [3.05, 3.63) is 63.0 Å². The molecule has 0 saturated heterocycles. The fourth-order valence-electron chi connectivity index (χ4n) is 1.49. The van der Waals surface area contributed by atoms with Gasteiger partial charge in [-0.25, -0.2) is 0 Å². The summed E-state index contributed by atoms with van der Waals surface area (Å²) in [5.74, 6) is -0.584. The Morgan fingerprint density at radius 2 is 2.16 bits per heavy atom. The van der Waals surface area contributed by atoms with Gasteiger partial charge in [-0.2, -0.15) is 5.26 Å². The topological polar surface area (TPSA) is 85.8 Å². The second-order valence-electron chi connectivity index (χ2n) is 3.71. The van der Waals surface area contributed by atoms with E-state index in [9.17, 15) is 9.59 Å². The summed E-state index contributed by atoms with van der Waals surface area (Å²) in [5, 5.41) is 11.6. The first-order valence-electron chi connectivity index (χ1n) is 5.30. The van der Waals surface area contributed by atoms with E-state index in [-0.39, 0.29) is 10.6 Å². The van der Waals surface area contributed by atoms with Gasteiger partial charge in [-0.1, -0.05) is 17.7 Å². The maximum atomic E-state index is 11.9. The van der Waals surface area contributed by atoms with Gasteiger partial charge in [0.25, 0.3) is 11.5 Å². The molecule has 0 fully saturated rings. The zero-order valence-corrected chi connectivity index (χ0v) is 10.4. The summed E-state index contributed by atoms with van der Waals surface area (Å²) in [5.41, 5.74) is 0.231. The van der Waals surface area contributed by atoms with Crippen LogP contribution in [0.3, 0.4) is 0 Å². The van der Waals surface area contributed by atoms with E-state index in [1.807, 2.05) is 6.07 Å². The maximum Gasteiger partial charge on any atom is 0.261 e. The third-order valence-corrected chi connectivity index (χ3v) is 2.58. The van der Waals surface area contributed by atoms with Crippen LogP contribution in [0.2, 0.25) is 5.02 Å². The predicted octanol–water partition coefficient (Wildman–Crippen LogP) is 2.15. The molecular formula is C13H8ClN3O2. The van der Waals surface area contributed by atoms with Crippen LogP contribution >= 0.6 is 11.6 Å². The number of carbonyl (C=O) groups is 1. The van der Waals surface area contributed by atoms with Crippen LogP contribution in [0.1, 0.15) is 15.9 Å². The minimum atomic E-state index is -0.584. The van der Waals surface area contributed by atoms with Crippen LogP contribution in [0.15, 0.2) is 41.3 Å². The number of pyridine rings is 1. The van der Waals surface area contributed by atoms with E-state index in [0.29, 0.717) is 11.3 Å². The molecule has 1 amide bonds. The number of benzene rings is 1. The normalized spacial score (nSPS) is 9.68. The van der Waals surface area contributed by atoms with Gasteiger partial charge in [0.1, 0.15) is 5.56 Å². The number of halogens is 1. The molecule has 1 aromatic carbocycles. The largest absolute Gasteiger partial charge is 0.327 e. The minimum Gasteiger partial charge on any atom is -0.327 e. The Kier molecular flexibility index (Phi) is 3.64. The Labute approximate surface area is 113 Å². The Bertz CT molecular complexity index is 731. The smallest absolute Gasteiger partial charge is 0.261 e. The summed E-state index contributed by atoms with van der Waals surface area (Å²) in [4.78, 5) is 25.8. The Balaban J connectivity index is 2.28. The number of hydrogen-bond acceptors (Lipinski definition) is 3. The third-order valence-electron chi connectivity index (χ3n) is 2.36. The molecule has 0 saturated carbocycles. The summed E-state index contributed by atoms with van der Waals surface area (Å²) in [6.45, 7) is 0. The van der Waals surface area contributed by atoms with E-state index in [0.717, 1.165) is 0 Å². The molecule has 0 spiro atoms. The van der Waals surface area contributed by atoms with Crippen LogP contribution in [0.5, 0.6) is 0 Å². The van der Waals surface area contributed by atoms with E-state index in [4.69, 9.17) is 16.9 Å². The number of aromatic amines is 1. The molecule has 2 rings (SSSR count). The van der Waals surface area contributed by atoms with E-state index in [2.05, 4.69) is 10.3 Å². The highest BCUT2D eigenvalue weighted by Crippen LogP contribution is 2.12. The lowest BCUT2D eigenvalue weighted by atomic mass is 10.2. The van der Waals surface area contributed by atoms with Gasteiger partial charge < -0.3 is 10.3 Å². The molecule has 94 valence electrons. The molecule has 0 bridgehead atoms. The van der Waals surface area contributed by atoms with Crippen LogP contribution in [0.25, 0.3) is 0 Å². The molecule has 5 nitrogen and oxygen atoms in total. The first-order valence-corrected chi connectivity index (χ1v) is 5.67. The molecule has 0 atom stereocenters. The van der Waals surface area contributed by atoms with Gasteiger partial charge in [-0.3, -0.25) is 9.59 Å². The number of H-pyrrole nitrogens is 1. The van der Waals surface area contributed by atoms with Crippen molar-refractivity contribution in [3.63, 3.8) is 0 Å². The second kappa shape index (κ2) is 5.38. The van der Waals surface area contributed by atoms with Gasteiger partial charge in [-0.15, -0.1) is 0 Å². The number of carbonyl (C=O) groups excluding carboxylic acids is 1. The molecule has 0 unspecified atom stereocenters. The Hall–Kier alpha value is -2.58. The van der Waals surface area contributed by atoms with Crippen molar-refractivity contribution >= 4 is 23.2 Å². The van der Waals surface area contributed by atoms with Crippen molar-refractivity contribution in [1.29, 1.82) is 5.26 Å². The Morgan fingerprint density at radius 3 is 2.89 bits per heavy atom. The summed E-state index contributed by atoms with van der Waals surface area (Å²) < 4.78 is 0. The SMILES string of the molecule is N#Cc1cccc(NC(=O)c2cc(Cl)c[nH]c2=O)c1. The van der Waals surface area contributed by atoms with Crippen LogP contribution in [0, 0.1) is 11.3 Å². The summed E-state index contributed by atoms with van der Waals surface area (Å²) in [6, 6.07) is 9.62. The lowest BCUT2D eigenvalue weighted by Crippen LogP contribution is -2.22. The molecule has 0 radical (unpaired) electrons. The van der Waals surface area contributed by atoms with Crippen molar-refractivity contribution in [2.75, 3.05) is 5.32 Å². The predicted molar refractivity (Wildman–Crippen MR) is 71.2 cm³/mol. The molecule has 1 aromatic heterocycles. The number of rotatable bonds is 2. The fourth-order valence-corrected chi connectivity index (χ4v) is 1.65. The van der Waals surface area contributed by atoms with Gasteiger partial charge in [0.2, 0.25) is 0 Å². The van der Waals surface area contributed by atoms with Crippen molar-refractivity contribution < 1.29 is 4.79 Å². The molecule has 2 N–H and O–H groups in total. The number of hydrogen-bond donors (Lipinski definition) is 2. The van der Waals surface area contributed by atoms with Crippen LogP contribution in [-0.4, -0.2) is 10.9 Å². The Morgan fingerprint density at radius 1 is 1.37 bits per heavy atom. The zero-order chi connectivity index (χ0) is 13.8. The average molecular weight is 274 g/mol. The fraction of sp³-hybridized carbons (Fsp3) is 0. The van der Waals surface area contributed by atoms with Gasteiger partial charge in [0.15, 0.2) is 0 Å². The third kappa shape index (κ3) is 3.00. The molecular weight excluding hydrogens is 266 g/mol. The monoisotopic (exact) mass is 273 g/mol. The van der Waals surface area contributed by atoms with Crippen molar-refractivity contribution in [1.82, 2.24) is 4.98 Å². The van der Waals surface area contributed by atoms with Crippen LogP contribution < -0.4 is 10.9 Å². The van der Waals surface area contributed by atoms with Crippen LogP contribution in [0.4, 0.5) is 5.69 Å². The molecule has 19 heavy (non-hydrogen) atoms. The molecule has 0 aliphatic carbocycles. The standard InChI is InChI=1S/C13H8ClN3O2/c14-9-5-11(12(18)16-7-9)13(19)17-10-3-1-2-8(4-10)6-15/h1-5,7H,(H,16,18)(H,17,19). The minimum absolute atomic E-state index is 0.0881. The molecule has 1 heterocycles. The van der Waals surface area contributed by atoms with Crippen molar-refractivity contribution in [2.24, 2.45) is 0 Å². The summed E-state index contributed by atoms with van der Waals surface area (Å²) in [6.07, 6.45) is 1.30. The first-order chi connectivity index (χ1) is 9.10. The first kappa shape index (κ1) is 12.9. The van der Waals surface area contributed by atoms with Gasteiger partial charge in [0, 0.05) is 11.9 Å². The number of amides is 1. The number of anilines is 1. The summed E-state index contributed by atoms with van der Waals surface area (Å²) >= 11 is 5.72. The van der Waals surface area contributed by atoms with Gasteiger partial charge in [0.05, 0.1) is 16.7 Å². The molecule has 2 aromatic rings. The number of nitrogens with zero attached hydrogens (tertiary/aromatic N) is 1. The van der Waals surface area contributed by atoms with E-state index < -0.39 is 11.5 Å². The van der Waals surface area contributed by atoms with Crippen LogP contribution in [-0.2, 0) is 0 Å². The highest BCUT2D eigenvalue weighted by molar-refractivity contribution is 6.30. The van der Waals surface area contributed by atoms with Gasteiger partial charge in [-0.05, 0) is 24.3 Å². The number of nitriles is 1. The molecule has 0 aliphatic heterocycles.